The van der Waals surface area contributed by atoms with Gasteiger partial charge in [-0.25, -0.2) is 14.3 Å². The van der Waals surface area contributed by atoms with E-state index in [1.54, 1.807) is 27.7 Å². The first kappa shape index (κ1) is 17.7. The first-order chi connectivity index (χ1) is 13.0. The second-order valence-corrected chi connectivity index (χ2v) is 7.27. The van der Waals surface area contributed by atoms with E-state index in [0.29, 0.717) is 24.2 Å². The van der Waals surface area contributed by atoms with Crippen molar-refractivity contribution in [2.75, 3.05) is 19.6 Å². The zero-order valence-corrected chi connectivity index (χ0v) is 15.9. The molecule has 0 atom stereocenters. The van der Waals surface area contributed by atoms with Crippen molar-refractivity contribution in [2.45, 2.75) is 33.7 Å². The number of likely N-dealkylation sites (tertiary alicyclic amines) is 1. The number of hydrogen-bond donors (Lipinski definition) is 0. The Bertz CT molecular complexity index is 996. The third-order valence-corrected chi connectivity index (χ3v) is 4.89. The highest BCUT2D eigenvalue weighted by Crippen LogP contribution is 2.18. The van der Waals surface area contributed by atoms with Crippen LogP contribution < -0.4 is 5.56 Å². The van der Waals surface area contributed by atoms with E-state index in [2.05, 4.69) is 20.1 Å². The summed E-state index contributed by atoms with van der Waals surface area (Å²) in [7, 11) is 0. The molecule has 0 spiro atoms. The standard InChI is InChI=1S/C19H24N6O2/c1-13-8-14(2)25(21-13)18-4-5-19(26)24(22-18)12-16-10-23(11-16)7-6-17-9-20-15(3)27-17/h4-5,8-9,16H,6-7,10-12H2,1-3H3. The molecule has 1 aliphatic rings. The third-order valence-electron chi connectivity index (χ3n) is 4.89. The van der Waals surface area contributed by atoms with Crippen LogP contribution in [-0.2, 0) is 13.0 Å². The van der Waals surface area contributed by atoms with Gasteiger partial charge in [0.25, 0.3) is 5.56 Å². The summed E-state index contributed by atoms with van der Waals surface area (Å²) in [4.78, 5) is 18.7. The van der Waals surface area contributed by atoms with Gasteiger partial charge in [0.15, 0.2) is 11.7 Å². The molecule has 4 heterocycles. The van der Waals surface area contributed by atoms with Crippen molar-refractivity contribution in [2.24, 2.45) is 5.92 Å². The quantitative estimate of drug-likeness (QED) is 0.656. The van der Waals surface area contributed by atoms with Crippen LogP contribution >= 0.6 is 0 Å². The molecule has 27 heavy (non-hydrogen) atoms. The first-order valence-electron chi connectivity index (χ1n) is 9.23. The molecule has 0 unspecified atom stereocenters. The minimum atomic E-state index is -0.0733. The minimum absolute atomic E-state index is 0.0733. The predicted octanol–water partition coefficient (Wildman–Crippen LogP) is 1.52. The number of hydrogen-bond acceptors (Lipinski definition) is 6. The number of oxazole rings is 1. The Labute approximate surface area is 157 Å². The fraction of sp³-hybridized carbons (Fsp3) is 0.474. The molecule has 8 nitrogen and oxygen atoms in total. The van der Waals surface area contributed by atoms with Crippen molar-refractivity contribution in [3.63, 3.8) is 0 Å². The van der Waals surface area contributed by atoms with Crippen LogP contribution in [0.15, 0.2) is 33.6 Å². The van der Waals surface area contributed by atoms with Crippen LogP contribution in [0.25, 0.3) is 5.82 Å². The molecule has 1 fully saturated rings. The van der Waals surface area contributed by atoms with Crippen LogP contribution in [0, 0.1) is 26.7 Å². The highest BCUT2D eigenvalue weighted by Gasteiger charge is 2.27. The molecule has 0 N–H and O–H groups in total. The highest BCUT2D eigenvalue weighted by molar-refractivity contribution is 5.23. The zero-order valence-electron chi connectivity index (χ0n) is 15.9. The Morgan fingerprint density at radius 1 is 1.19 bits per heavy atom. The Morgan fingerprint density at radius 3 is 2.67 bits per heavy atom. The average molecular weight is 368 g/mol. The topological polar surface area (TPSA) is 82.0 Å². The van der Waals surface area contributed by atoms with Gasteiger partial charge in [-0.1, -0.05) is 0 Å². The lowest BCUT2D eigenvalue weighted by Crippen LogP contribution is -2.50. The first-order valence-corrected chi connectivity index (χ1v) is 9.23. The maximum Gasteiger partial charge on any atom is 0.266 e. The van der Waals surface area contributed by atoms with Crippen LogP contribution in [0.3, 0.4) is 0 Å². The summed E-state index contributed by atoms with van der Waals surface area (Å²) in [6, 6.07) is 5.29. The van der Waals surface area contributed by atoms with E-state index in [-0.39, 0.29) is 5.56 Å². The molecule has 0 bridgehead atoms. The van der Waals surface area contributed by atoms with Gasteiger partial charge in [-0.15, -0.1) is 5.10 Å². The summed E-state index contributed by atoms with van der Waals surface area (Å²) in [5.41, 5.74) is 1.86. The molecular formula is C19H24N6O2. The summed E-state index contributed by atoms with van der Waals surface area (Å²) in [5, 5.41) is 8.97. The van der Waals surface area contributed by atoms with E-state index in [4.69, 9.17) is 4.42 Å². The van der Waals surface area contributed by atoms with E-state index < -0.39 is 0 Å². The summed E-state index contributed by atoms with van der Waals surface area (Å²) < 4.78 is 8.84. The van der Waals surface area contributed by atoms with Gasteiger partial charge < -0.3 is 9.32 Å². The third kappa shape index (κ3) is 3.85. The lowest BCUT2D eigenvalue weighted by molar-refractivity contribution is 0.0840. The summed E-state index contributed by atoms with van der Waals surface area (Å²) in [6.07, 6.45) is 2.65. The molecule has 3 aromatic heterocycles. The Morgan fingerprint density at radius 2 is 2.00 bits per heavy atom. The van der Waals surface area contributed by atoms with Gasteiger partial charge in [-0.3, -0.25) is 4.79 Å². The van der Waals surface area contributed by atoms with Gasteiger partial charge in [0, 0.05) is 50.7 Å². The van der Waals surface area contributed by atoms with Crippen molar-refractivity contribution in [1.82, 2.24) is 29.4 Å². The molecule has 8 heteroatoms. The number of nitrogens with zero attached hydrogens (tertiary/aromatic N) is 6. The lowest BCUT2D eigenvalue weighted by atomic mass is 10.00. The van der Waals surface area contributed by atoms with Crippen LogP contribution in [0.5, 0.6) is 0 Å². The highest BCUT2D eigenvalue weighted by atomic mass is 16.4. The number of aryl methyl sites for hydroxylation is 3. The molecule has 4 rings (SSSR count). The molecule has 0 aliphatic carbocycles. The normalized spacial score (nSPS) is 15.2. The summed E-state index contributed by atoms with van der Waals surface area (Å²) in [6.45, 7) is 9.29. The van der Waals surface area contributed by atoms with Crippen molar-refractivity contribution in [3.8, 4) is 5.82 Å². The monoisotopic (exact) mass is 368 g/mol. The Hall–Kier alpha value is -2.74. The molecule has 0 aromatic carbocycles. The van der Waals surface area contributed by atoms with Crippen molar-refractivity contribution in [3.05, 3.63) is 57.8 Å². The number of rotatable bonds is 6. The molecule has 0 radical (unpaired) electrons. The minimum Gasteiger partial charge on any atom is -0.446 e. The van der Waals surface area contributed by atoms with E-state index in [0.717, 1.165) is 43.2 Å². The summed E-state index contributed by atoms with van der Waals surface area (Å²) >= 11 is 0. The Balaban J connectivity index is 1.36. The maximum atomic E-state index is 12.2. The van der Waals surface area contributed by atoms with Crippen LogP contribution in [-0.4, -0.2) is 49.1 Å². The zero-order chi connectivity index (χ0) is 19.0. The largest absolute Gasteiger partial charge is 0.446 e. The van der Waals surface area contributed by atoms with Crippen molar-refractivity contribution in [1.29, 1.82) is 0 Å². The molecule has 142 valence electrons. The molecule has 1 aliphatic heterocycles. The van der Waals surface area contributed by atoms with Gasteiger partial charge in [0.05, 0.1) is 18.4 Å². The smallest absolute Gasteiger partial charge is 0.266 e. The fourth-order valence-corrected chi connectivity index (χ4v) is 3.55. The lowest BCUT2D eigenvalue weighted by Gasteiger charge is -2.39. The van der Waals surface area contributed by atoms with Crippen LogP contribution in [0.2, 0.25) is 0 Å². The second-order valence-electron chi connectivity index (χ2n) is 7.27. The van der Waals surface area contributed by atoms with Gasteiger partial charge in [0.2, 0.25) is 0 Å². The summed E-state index contributed by atoms with van der Waals surface area (Å²) in [5.74, 6) is 2.74. The van der Waals surface area contributed by atoms with Gasteiger partial charge in [0.1, 0.15) is 5.76 Å². The predicted molar refractivity (Wildman–Crippen MR) is 100.0 cm³/mol. The SMILES string of the molecule is Cc1cc(C)n(-c2ccc(=O)n(CC3CN(CCc4cnc(C)o4)C3)n2)n1. The van der Waals surface area contributed by atoms with Crippen molar-refractivity contribution < 1.29 is 4.42 Å². The molecule has 0 amide bonds. The average Bonchev–Trinajstić information content (AvgIpc) is 3.16. The van der Waals surface area contributed by atoms with E-state index in [9.17, 15) is 4.79 Å². The van der Waals surface area contributed by atoms with E-state index in [1.807, 2.05) is 26.8 Å². The maximum absolute atomic E-state index is 12.2. The van der Waals surface area contributed by atoms with Gasteiger partial charge in [-0.05, 0) is 26.0 Å². The van der Waals surface area contributed by atoms with Crippen LogP contribution in [0.1, 0.15) is 23.0 Å². The number of aromatic nitrogens is 5. The second kappa shape index (κ2) is 7.11. The molecule has 1 saturated heterocycles. The fourth-order valence-electron chi connectivity index (χ4n) is 3.55. The van der Waals surface area contributed by atoms with Gasteiger partial charge in [-0.2, -0.15) is 5.10 Å². The van der Waals surface area contributed by atoms with Crippen molar-refractivity contribution >= 4 is 0 Å². The van der Waals surface area contributed by atoms with E-state index >= 15 is 0 Å². The molecule has 3 aromatic rings. The van der Waals surface area contributed by atoms with E-state index in [1.165, 1.54) is 0 Å². The van der Waals surface area contributed by atoms with Gasteiger partial charge >= 0.3 is 0 Å². The Kier molecular flexibility index (Phi) is 4.65. The van der Waals surface area contributed by atoms with Crippen LogP contribution in [0.4, 0.5) is 0 Å². The molecular weight excluding hydrogens is 344 g/mol. The molecule has 0 saturated carbocycles.